The minimum Gasteiger partial charge on any atom is -0.422 e. The molecule has 23 heavy (non-hydrogen) atoms. The number of rotatable bonds is 4. The molecule has 0 amide bonds. The quantitative estimate of drug-likeness (QED) is 0.420. The molecule has 1 heterocycles. The Hall–Kier alpha value is -3.27. The van der Waals surface area contributed by atoms with E-state index in [4.69, 9.17) is 4.74 Å². The fraction of sp³-hybridized carbons (Fsp3) is 0. The second-order valence-electron chi connectivity index (χ2n) is 4.82. The molecule has 1 aromatic heterocycles. The molecule has 112 valence electrons. The molecule has 0 radical (unpaired) electrons. The molecule has 4 nitrogen and oxygen atoms in total. The van der Waals surface area contributed by atoms with E-state index in [2.05, 4.69) is 4.98 Å². The number of aromatic nitrogens is 1. The Labute approximate surface area is 133 Å². The van der Waals surface area contributed by atoms with Crippen LogP contribution in [0.25, 0.3) is 0 Å². The van der Waals surface area contributed by atoms with Gasteiger partial charge in [0.25, 0.3) is 0 Å². The highest BCUT2D eigenvalue weighted by Gasteiger charge is 2.11. The van der Waals surface area contributed by atoms with Gasteiger partial charge in [0, 0.05) is 17.3 Å². The highest BCUT2D eigenvalue weighted by atomic mass is 16.5. The summed E-state index contributed by atoms with van der Waals surface area (Å²) in [7, 11) is 0. The number of ether oxygens (including phenoxy) is 1. The Kier molecular flexibility index (Phi) is 4.25. The van der Waals surface area contributed by atoms with Gasteiger partial charge in [-0.2, -0.15) is 0 Å². The van der Waals surface area contributed by atoms with Gasteiger partial charge in [0.05, 0.1) is 0 Å². The molecule has 0 aliphatic heterocycles. The monoisotopic (exact) mass is 303 g/mol. The summed E-state index contributed by atoms with van der Waals surface area (Å²) in [5.74, 6) is -0.244. The Bertz CT molecular complexity index is 812. The van der Waals surface area contributed by atoms with Crippen molar-refractivity contribution in [2.24, 2.45) is 0 Å². The van der Waals surface area contributed by atoms with Crippen molar-refractivity contribution in [3.05, 3.63) is 95.8 Å². The van der Waals surface area contributed by atoms with Gasteiger partial charge in [0.2, 0.25) is 0 Å². The number of benzene rings is 2. The fourth-order valence-corrected chi connectivity index (χ4v) is 2.07. The van der Waals surface area contributed by atoms with Crippen LogP contribution >= 0.6 is 0 Å². The molecule has 2 aromatic carbocycles. The standard InChI is InChI=1S/C19H13NO3/c21-18(14-6-2-1-3-7-14)15-9-11-16(12-10-15)23-19(22)17-8-4-5-13-20-17/h1-13H. The summed E-state index contributed by atoms with van der Waals surface area (Å²) in [6.45, 7) is 0. The lowest BCUT2D eigenvalue weighted by atomic mass is 10.0. The smallest absolute Gasteiger partial charge is 0.362 e. The van der Waals surface area contributed by atoms with E-state index in [1.165, 1.54) is 6.20 Å². The van der Waals surface area contributed by atoms with Crippen molar-refractivity contribution in [2.75, 3.05) is 0 Å². The van der Waals surface area contributed by atoms with Crippen LogP contribution in [0.15, 0.2) is 79.0 Å². The number of carbonyl (C=O) groups excluding carboxylic acids is 2. The van der Waals surface area contributed by atoms with Gasteiger partial charge in [-0.05, 0) is 36.4 Å². The molecule has 0 saturated heterocycles. The fourth-order valence-electron chi connectivity index (χ4n) is 2.07. The molecule has 0 fully saturated rings. The van der Waals surface area contributed by atoms with E-state index < -0.39 is 5.97 Å². The average molecular weight is 303 g/mol. The zero-order valence-electron chi connectivity index (χ0n) is 12.2. The lowest BCUT2D eigenvalue weighted by molar-refractivity contribution is 0.0728. The van der Waals surface area contributed by atoms with E-state index in [0.29, 0.717) is 16.9 Å². The number of hydrogen-bond acceptors (Lipinski definition) is 4. The van der Waals surface area contributed by atoms with Gasteiger partial charge in [0.1, 0.15) is 11.4 Å². The van der Waals surface area contributed by atoms with Crippen molar-refractivity contribution in [3.63, 3.8) is 0 Å². The third-order valence-corrected chi connectivity index (χ3v) is 3.24. The van der Waals surface area contributed by atoms with Crippen molar-refractivity contribution in [1.29, 1.82) is 0 Å². The summed E-state index contributed by atoms with van der Waals surface area (Å²) in [6, 6.07) is 20.5. The van der Waals surface area contributed by atoms with Crippen molar-refractivity contribution in [2.45, 2.75) is 0 Å². The zero-order chi connectivity index (χ0) is 16.1. The molecule has 3 rings (SSSR count). The van der Waals surface area contributed by atoms with Gasteiger partial charge in [-0.1, -0.05) is 36.4 Å². The predicted molar refractivity (Wildman–Crippen MR) is 85.5 cm³/mol. The SMILES string of the molecule is O=C(c1ccccc1)c1ccc(OC(=O)c2ccccn2)cc1. The number of pyridine rings is 1. The van der Waals surface area contributed by atoms with Crippen LogP contribution in [0, 0.1) is 0 Å². The second kappa shape index (κ2) is 6.66. The molecule has 0 spiro atoms. The van der Waals surface area contributed by atoms with E-state index in [0.717, 1.165) is 0 Å². The maximum atomic E-state index is 12.3. The zero-order valence-corrected chi connectivity index (χ0v) is 12.2. The maximum absolute atomic E-state index is 12.3. The lowest BCUT2D eigenvalue weighted by Gasteiger charge is -2.05. The van der Waals surface area contributed by atoms with Crippen molar-refractivity contribution in [3.8, 4) is 5.75 Å². The molecule has 0 N–H and O–H groups in total. The van der Waals surface area contributed by atoms with Gasteiger partial charge in [-0.25, -0.2) is 9.78 Å². The molecule has 0 atom stereocenters. The van der Waals surface area contributed by atoms with E-state index in [1.54, 1.807) is 54.6 Å². The van der Waals surface area contributed by atoms with E-state index in [-0.39, 0.29) is 11.5 Å². The third-order valence-electron chi connectivity index (χ3n) is 3.24. The predicted octanol–water partition coefficient (Wildman–Crippen LogP) is 3.53. The van der Waals surface area contributed by atoms with Gasteiger partial charge in [0.15, 0.2) is 5.78 Å². The largest absolute Gasteiger partial charge is 0.422 e. The summed E-state index contributed by atoms with van der Waals surface area (Å²) < 4.78 is 5.23. The molecule has 0 unspecified atom stereocenters. The molecular weight excluding hydrogens is 290 g/mol. The molecular formula is C19H13NO3. The molecule has 0 aliphatic rings. The summed E-state index contributed by atoms with van der Waals surface area (Å²) in [6.07, 6.45) is 1.53. The molecule has 4 heteroatoms. The van der Waals surface area contributed by atoms with Crippen LogP contribution < -0.4 is 4.74 Å². The van der Waals surface area contributed by atoms with Crippen molar-refractivity contribution in [1.82, 2.24) is 4.98 Å². The minimum absolute atomic E-state index is 0.0757. The highest BCUT2D eigenvalue weighted by Crippen LogP contribution is 2.16. The van der Waals surface area contributed by atoms with Gasteiger partial charge in [-0.3, -0.25) is 4.79 Å². The van der Waals surface area contributed by atoms with Crippen LogP contribution in [0.4, 0.5) is 0 Å². The summed E-state index contributed by atoms with van der Waals surface area (Å²) in [4.78, 5) is 28.1. The number of carbonyl (C=O) groups is 2. The van der Waals surface area contributed by atoms with Gasteiger partial charge >= 0.3 is 5.97 Å². The maximum Gasteiger partial charge on any atom is 0.362 e. The number of nitrogens with zero attached hydrogens (tertiary/aromatic N) is 1. The Balaban J connectivity index is 1.73. The average Bonchev–Trinajstić information content (AvgIpc) is 2.63. The first kappa shape index (κ1) is 14.7. The second-order valence-corrected chi connectivity index (χ2v) is 4.82. The van der Waals surface area contributed by atoms with Crippen LogP contribution in [-0.2, 0) is 0 Å². The highest BCUT2D eigenvalue weighted by molar-refractivity contribution is 6.09. The number of ketones is 1. The van der Waals surface area contributed by atoms with Crippen LogP contribution in [-0.4, -0.2) is 16.7 Å². The van der Waals surface area contributed by atoms with Gasteiger partial charge < -0.3 is 4.74 Å². The van der Waals surface area contributed by atoms with E-state index >= 15 is 0 Å². The van der Waals surface area contributed by atoms with Gasteiger partial charge in [-0.15, -0.1) is 0 Å². The summed E-state index contributed by atoms with van der Waals surface area (Å²) in [5, 5.41) is 0. The first-order valence-corrected chi connectivity index (χ1v) is 7.07. The van der Waals surface area contributed by atoms with Crippen LogP contribution in [0.2, 0.25) is 0 Å². The Morgan fingerprint density at radius 2 is 1.39 bits per heavy atom. The van der Waals surface area contributed by atoms with Crippen LogP contribution in [0.5, 0.6) is 5.75 Å². The lowest BCUT2D eigenvalue weighted by Crippen LogP contribution is -2.10. The number of hydrogen-bond donors (Lipinski definition) is 0. The topological polar surface area (TPSA) is 56.3 Å². The normalized spacial score (nSPS) is 10.1. The molecule has 0 aliphatic carbocycles. The summed E-state index contributed by atoms with van der Waals surface area (Å²) >= 11 is 0. The van der Waals surface area contributed by atoms with Crippen LogP contribution in [0.3, 0.4) is 0 Å². The molecule has 0 bridgehead atoms. The molecule has 3 aromatic rings. The van der Waals surface area contributed by atoms with E-state index in [1.807, 2.05) is 18.2 Å². The third kappa shape index (κ3) is 3.49. The first-order valence-electron chi connectivity index (χ1n) is 7.07. The van der Waals surface area contributed by atoms with Crippen LogP contribution in [0.1, 0.15) is 26.4 Å². The van der Waals surface area contributed by atoms with Crippen molar-refractivity contribution >= 4 is 11.8 Å². The first-order chi connectivity index (χ1) is 11.2. The van der Waals surface area contributed by atoms with Crippen molar-refractivity contribution < 1.29 is 14.3 Å². The molecule has 0 saturated carbocycles. The minimum atomic E-state index is -0.535. The Morgan fingerprint density at radius 3 is 2.04 bits per heavy atom. The Morgan fingerprint density at radius 1 is 0.739 bits per heavy atom. The summed E-state index contributed by atoms with van der Waals surface area (Å²) in [5.41, 5.74) is 1.39. The van der Waals surface area contributed by atoms with E-state index in [9.17, 15) is 9.59 Å². The number of esters is 1.